The molecule has 1 aromatic heterocycles. The Bertz CT molecular complexity index is 1160. The molecule has 7 nitrogen and oxygen atoms in total. The molecule has 142 valence electrons. The summed E-state index contributed by atoms with van der Waals surface area (Å²) in [5, 5.41) is 1.66. The van der Waals surface area contributed by atoms with E-state index in [9.17, 15) is 22.0 Å². The van der Waals surface area contributed by atoms with Gasteiger partial charge in [-0.1, -0.05) is 0 Å². The molecule has 0 radical (unpaired) electrons. The van der Waals surface area contributed by atoms with E-state index in [0.717, 1.165) is 22.2 Å². The molecule has 0 aliphatic carbocycles. The van der Waals surface area contributed by atoms with E-state index < -0.39 is 38.4 Å². The van der Waals surface area contributed by atoms with Gasteiger partial charge in [0, 0.05) is 5.69 Å². The second-order valence-corrected chi connectivity index (χ2v) is 8.45. The number of halogens is 2. The van der Waals surface area contributed by atoms with Crippen LogP contribution in [0.5, 0.6) is 0 Å². The molecule has 1 heterocycles. The van der Waals surface area contributed by atoms with E-state index in [4.69, 9.17) is 5.73 Å². The summed E-state index contributed by atoms with van der Waals surface area (Å²) < 4.78 is 53.0. The first-order chi connectivity index (χ1) is 12.6. The molecule has 3 rings (SSSR count). The Morgan fingerprint density at radius 1 is 1.19 bits per heavy atom. The molecule has 3 N–H and O–H groups in total. The third-order valence-electron chi connectivity index (χ3n) is 3.92. The number of carbonyl (C=O) groups is 1. The van der Waals surface area contributed by atoms with E-state index in [1.165, 1.54) is 32.0 Å². The molecule has 0 unspecified atom stereocenters. The molecule has 0 saturated carbocycles. The second kappa shape index (κ2) is 6.62. The lowest BCUT2D eigenvalue weighted by atomic mass is 10.2. The van der Waals surface area contributed by atoms with Crippen molar-refractivity contribution < 1.29 is 22.0 Å². The number of fused-ring (bicyclic) bond motifs is 1. The lowest BCUT2D eigenvalue weighted by Crippen LogP contribution is -2.23. The average molecular weight is 394 g/mol. The van der Waals surface area contributed by atoms with Crippen molar-refractivity contribution >= 4 is 38.6 Å². The van der Waals surface area contributed by atoms with Crippen molar-refractivity contribution in [2.45, 2.75) is 19.1 Å². The number of aromatic nitrogens is 2. The number of rotatable bonds is 4. The molecule has 0 atom stereocenters. The van der Waals surface area contributed by atoms with E-state index in [0.29, 0.717) is 5.52 Å². The van der Waals surface area contributed by atoms with Crippen LogP contribution < -0.4 is 11.1 Å². The van der Waals surface area contributed by atoms with Crippen molar-refractivity contribution in [1.29, 1.82) is 0 Å². The molecular weight excluding hydrogens is 378 g/mol. The molecule has 0 aliphatic heterocycles. The number of nitrogens with two attached hydrogens (primary N) is 1. The van der Waals surface area contributed by atoms with Crippen LogP contribution in [0.15, 0.2) is 36.4 Å². The highest BCUT2D eigenvalue weighted by atomic mass is 32.2. The zero-order valence-corrected chi connectivity index (χ0v) is 15.2. The smallest absolute Gasteiger partial charge is 0.258 e. The summed E-state index contributed by atoms with van der Waals surface area (Å²) in [6, 6.07) is 6.79. The average Bonchev–Trinajstić information content (AvgIpc) is 2.92. The predicted molar refractivity (Wildman–Crippen MR) is 97.9 cm³/mol. The largest absolute Gasteiger partial charge is 0.368 e. The summed E-state index contributed by atoms with van der Waals surface area (Å²) in [7, 11) is -3.79. The van der Waals surface area contributed by atoms with Crippen molar-refractivity contribution in [3.8, 4) is 0 Å². The van der Waals surface area contributed by atoms with Gasteiger partial charge in [-0.25, -0.2) is 26.2 Å². The van der Waals surface area contributed by atoms with E-state index in [2.05, 4.69) is 10.3 Å². The van der Waals surface area contributed by atoms with Crippen molar-refractivity contribution in [1.82, 2.24) is 8.96 Å². The Morgan fingerprint density at radius 3 is 2.56 bits per heavy atom. The minimum absolute atomic E-state index is 0.165. The number of nitrogen functional groups attached to an aromatic ring is 1. The Balaban J connectivity index is 2.04. The van der Waals surface area contributed by atoms with Crippen molar-refractivity contribution in [3.05, 3.63) is 53.6 Å². The molecule has 2 aromatic carbocycles. The van der Waals surface area contributed by atoms with Gasteiger partial charge in [-0.15, -0.1) is 0 Å². The number of nitrogens with one attached hydrogen (secondary N) is 1. The van der Waals surface area contributed by atoms with Crippen LogP contribution >= 0.6 is 0 Å². The fraction of sp³-hybridized carbons (Fsp3) is 0.176. The Kier molecular flexibility index (Phi) is 4.60. The van der Waals surface area contributed by atoms with Crippen LogP contribution in [0.25, 0.3) is 11.0 Å². The third kappa shape index (κ3) is 3.35. The van der Waals surface area contributed by atoms with Crippen LogP contribution in [0.3, 0.4) is 0 Å². The molecule has 10 heteroatoms. The molecule has 1 amide bonds. The van der Waals surface area contributed by atoms with E-state index in [-0.39, 0.29) is 17.2 Å². The topological polar surface area (TPSA) is 107 Å². The first kappa shape index (κ1) is 18.8. The third-order valence-corrected chi connectivity index (χ3v) is 6.00. The number of imidazole rings is 1. The van der Waals surface area contributed by atoms with Gasteiger partial charge >= 0.3 is 0 Å². The number of hydrogen-bond acceptors (Lipinski definition) is 5. The molecule has 0 saturated heterocycles. The molecule has 3 aromatic rings. The summed E-state index contributed by atoms with van der Waals surface area (Å²) in [4.78, 5) is 16.2. The summed E-state index contributed by atoms with van der Waals surface area (Å²) in [5.41, 5.74) is 5.93. The van der Waals surface area contributed by atoms with Gasteiger partial charge in [-0.3, -0.25) is 4.79 Å². The highest BCUT2D eigenvalue weighted by Gasteiger charge is 2.24. The zero-order chi connectivity index (χ0) is 19.9. The van der Waals surface area contributed by atoms with Gasteiger partial charge in [-0.2, -0.15) is 0 Å². The maximum atomic E-state index is 13.8. The van der Waals surface area contributed by atoms with Gasteiger partial charge in [0.25, 0.3) is 5.91 Å². The van der Waals surface area contributed by atoms with Crippen LogP contribution in [0.2, 0.25) is 0 Å². The Labute approximate surface area is 153 Å². The lowest BCUT2D eigenvalue weighted by Gasteiger charge is -2.12. The number of carbonyl (C=O) groups excluding carboxylic acids is 1. The maximum Gasteiger partial charge on any atom is 0.258 e. The normalized spacial score (nSPS) is 11.9. The van der Waals surface area contributed by atoms with E-state index >= 15 is 0 Å². The molecule has 0 fully saturated rings. The number of anilines is 2. The number of benzene rings is 2. The standard InChI is InChI=1S/C17H16F2N4O3S/c1-9(2)27(25,26)23-15-8-11(4-6-14(15)22-17(23)20)21-16(24)12-7-10(18)3-5-13(12)19/h3-9H,1-2H3,(H2,20,22)(H,21,24). The first-order valence-electron chi connectivity index (χ1n) is 7.90. The minimum Gasteiger partial charge on any atom is -0.368 e. The number of hydrogen-bond donors (Lipinski definition) is 2. The Morgan fingerprint density at radius 2 is 1.89 bits per heavy atom. The predicted octanol–water partition coefficient (Wildman–Crippen LogP) is 2.74. The van der Waals surface area contributed by atoms with Crippen molar-refractivity contribution in [2.24, 2.45) is 0 Å². The first-order valence-corrected chi connectivity index (χ1v) is 9.40. The molecule has 0 bridgehead atoms. The summed E-state index contributed by atoms with van der Waals surface area (Å²) in [6.45, 7) is 3.00. The fourth-order valence-corrected chi connectivity index (χ4v) is 3.64. The molecule has 0 spiro atoms. The van der Waals surface area contributed by atoms with Crippen molar-refractivity contribution in [2.75, 3.05) is 11.1 Å². The maximum absolute atomic E-state index is 13.8. The second-order valence-electron chi connectivity index (χ2n) is 6.11. The van der Waals surface area contributed by atoms with Crippen LogP contribution in [-0.2, 0) is 10.0 Å². The van der Waals surface area contributed by atoms with Gasteiger partial charge in [0.2, 0.25) is 16.0 Å². The summed E-state index contributed by atoms with van der Waals surface area (Å²) in [6.07, 6.45) is 0. The fourth-order valence-electron chi connectivity index (χ4n) is 2.50. The SMILES string of the molecule is CC(C)S(=O)(=O)n1c(N)nc2ccc(NC(=O)c3cc(F)ccc3F)cc21. The Hall–Kier alpha value is -3.01. The monoisotopic (exact) mass is 394 g/mol. The van der Waals surface area contributed by atoms with Gasteiger partial charge in [-0.05, 0) is 50.2 Å². The highest BCUT2D eigenvalue weighted by Crippen LogP contribution is 2.25. The van der Waals surface area contributed by atoms with Gasteiger partial charge < -0.3 is 11.1 Å². The minimum atomic E-state index is -3.79. The number of nitrogens with zero attached hydrogens (tertiary/aromatic N) is 2. The van der Waals surface area contributed by atoms with Gasteiger partial charge in [0.15, 0.2) is 0 Å². The molecule has 0 aliphatic rings. The number of amides is 1. The lowest BCUT2D eigenvalue weighted by molar-refractivity contribution is 0.102. The molecule has 27 heavy (non-hydrogen) atoms. The van der Waals surface area contributed by atoms with Crippen LogP contribution in [0.1, 0.15) is 24.2 Å². The van der Waals surface area contributed by atoms with Gasteiger partial charge in [0.1, 0.15) is 11.6 Å². The zero-order valence-electron chi connectivity index (χ0n) is 14.4. The highest BCUT2D eigenvalue weighted by molar-refractivity contribution is 7.90. The van der Waals surface area contributed by atoms with E-state index in [1.807, 2.05) is 0 Å². The summed E-state index contributed by atoms with van der Waals surface area (Å²) in [5.74, 6) is -2.73. The van der Waals surface area contributed by atoms with Crippen LogP contribution in [-0.4, -0.2) is 28.5 Å². The van der Waals surface area contributed by atoms with Crippen molar-refractivity contribution in [3.63, 3.8) is 0 Å². The van der Waals surface area contributed by atoms with Crippen LogP contribution in [0.4, 0.5) is 20.4 Å². The van der Waals surface area contributed by atoms with E-state index in [1.54, 1.807) is 0 Å². The quantitative estimate of drug-likeness (QED) is 0.708. The molecular formula is C17H16F2N4O3S. The van der Waals surface area contributed by atoms with Crippen LogP contribution in [0, 0.1) is 11.6 Å². The summed E-state index contributed by atoms with van der Waals surface area (Å²) >= 11 is 0. The van der Waals surface area contributed by atoms with Gasteiger partial charge in [0.05, 0.1) is 21.8 Å².